The number of carbonyl (C=O) groups is 1. The molecule has 1 aromatic heterocycles. The minimum Gasteiger partial charge on any atom is -0.504 e. The second kappa shape index (κ2) is 4.19. The summed E-state index contributed by atoms with van der Waals surface area (Å²) in [7, 11) is 0. The van der Waals surface area contributed by atoms with Crippen LogP contribution in [0.5, 0.6) is 0 Å². The number of carbonyl (C=O) groups excluding carboxylic acids is 1. The van der Waals surface area contributed by atoms with Crippen LogP contribution in [0, 0.1) is 0 Å². The first kappa shape index (κ1) is 11.6. The fraction of sp³-hybridized carbons (Fsp3) is 0.200. The van der Waals surface area contributed by atoms with Crippen LogP contribution in [-0.2, 0) is 11.2 Å². The van der Waals surface area contributed by atoms with E-state index in [9.17, 15) is 15.0 Å². The average Bonchev–Trinajstić information content (AvgIpc) is 2.74. The zero-order valence-corrected chi connectivity index (χ0v) is 9.57. The molecule has 1 atom stereocenters. The Kier molecular flexibility index (Phi) is 2.86. The fourth-order valence-corrected chi connectivity index (χ4v) is 2.15. The van der Waals surface area contributed by atoms with Gasteiger partial charge in [0.05, 0.1) is 6.21 Å². The summed E-state index contributed by atoms with van der Waals surface area (Å²) in [6.07, 6.45) is 1.19. The third kappa shape index (κ3) is 2.45. The maximum atomic E-state index is 11.0. The Morgan fingerprint density at radius 1 is 1.65 bits per heavy atom. The maximum absolute atomic E-state index is 11.0. The monoisotopic (exact) mass is 253 g/mol. The van der Waals surface area contributed by atoms with Crippen molar-refractivity contribution in [2.75, 3.05) is 0 Å². The van der Waals surface area contributed by atoms with Crippen LogP contribution < -0.4 is 11.1 Å². The minimum atomic E-state index is -1.66. The molecule has 1 aliphatic rings. The number of aliphatic hydroxyl groups excluding tert-OH is 1. The van der Waals surface area contributed by atoms with Crippen LogP contribution in [0.3, 0.4) is 0 Å². The molecule has 7 heteroatoms. The molecule has 0 saturated heterocycles. The fourth-order valence-electron chi connectivity index (χ4n) is 1.48. The van der Waals surface area contributed by atoms with Crippen LogP contribution in [0.25, 0.3) is 0 Å². The predicted octanol–water partition coefficient (Wildman–Crippen LogP) is -0.134. The molecule has 1 unspecified atom stereocenters. The zero-order valence-electron chi connectivity index (χ0n) is 8.75. The first-order valence-electron chi connectivity index (χ1n) is 4.80. The number of allylic oxidation sites excluding steroid dienone is 1. The molecule has 2 rings (SSSR count). The van der Waals surface area contributed by atoms with Crippen molar-refractivity contribution < 1.29 is 15.0 Å². The maximum Gasteiger partial charge on any atom is 0.268 e. The third-order valence-corrected chi connectivity index (χ3v) is 2.99. The van der Waals surface area contributed by atoms with Crippen molar-refractivity contribution >= 4 is 23.5 Å². The summed E-state index contributed by atoms with van der Waals surface area (Å²) < 4.78 is 0. The lowest BCUT2D eigenvalue weighted by atomic mass is 10.1. The number of amides is 1. The van der Waals surface area contributed by atoms with E-state index in [0.29, 0.717) is 0 Å². The van der Waals surface area contributed by atoms with Crippen molar-refractivity contribution in [2.45, 2.75) is 12.3 Å². The Morgan fingerprint density at radius 3 is 3.00 bits per heavy atom. The number of aliphatic hydroxyl groups is 2. The molecule has 0 bridgehead atoms. The van der Waals surface area contributed by atoms with Crippen LogP contribution in [0.2, 0.25) is 0 Å². The molecule has 0 spiro atoms. The largest absolute Gasteiger partial charge is 0.504 e. The Labute approximate surface area is 101 Å². The Morgan fingerprint density at radius 2 is 2.41 bits per heavy atom. The number of aliphatic imine (C=N–C) groups is 1. The lowest BCUT2D eigenvalue weighted by Gasteiger charge is -2.29. The molecule has 0 fully saturated rings. The van der Waals surface area contributed by atoms with Crippen molar-refractivity contribution in [3.63, 3.8) is 0 Å². The number of hydrogen-bond acceptors (Lipinski definition) is 6. The van der Waals surface area contributed by atoms with Crippen LogP contribution in [0.15, 0.2) is 33.3 Å². The van der Waals surface area contributed by atoms with E-state index >= 15 is 0 Å². The van der Waals surface area contributed by atoms with Gasteiger partial charge in [-0.25, -0.2) is 4.99 Å². The summed E-state index contributed by atoms with van der Waals surface area (Å²) in [5, 5.41) is 25.6. The van der Waals surface area contributed by atoms with Gasteiger partial charge in [-0.3, -0.25) is 4.79 Å². The van der Waals surface area contributed by atoms with Gasteiger partial charge in [0.15, 0.2) is 5.76 Å². The molecular formula is C10H11N3O3S. The van der Waals surface area contributed by atoms with E-state index in [1.807, 2.05) is 16.8 Å². The number of nitrogens with one attached hydrogen (secondary N) is 1. The van der Waals surface area contributed by atoms with Gasteiger partial charge >= 0.3 is 0 Å². The van der Waals surface area contributed by atoms with Gasteiger partial charge in [0, 0.05) is 6.42 Å². The van der Waals surface area contributed by atoms with E-state index in [-0.39, 0.29) is 17.9 Å². The molecule has 1 aliphatic heterocycles. The van der Waals surface area contributed by atoms with Crippen molar-refractivity contribution in [2.24, 2.45) is 10.7 Å². The van der Waals surface area contributed by atoms with Gasteiger partial charge in [-0.15, -0.1) is 0 Å². The van der Waals surface area contributed by atoms with E-state index in [0.717, 1.165) is 11.8 Å². The first-order chi connectivity index (χ1) is 8.00. The topological polar surface area (TPSA) is 108 Å². The Balaban J connectivity index is 2.20. The Hall–Kier alpha value is -1.86. The number of thiophene rings is 1. The van der Waals surface area contributed by atoms with E-state index in [1.165, 1.54) is 11.3 Å². The smallest absolute Gasteiger partial charge is 0.268 e. The van der Waals surface area contributed by atoms with E-state index in [1.54, 1.807) is 0 Å². The highest BCUT2D eigenvalue weighted by Crippen LogP contribution is 2.19. The molecule has 6 nitrogen and oxygen atoms in total. The van der Waals surface area contributed by atoms with Crippen LogP contribution in [0.4, 0.5) is 0 Å². The molecule has 0 radical (unpaired) electrons. The molecule has 0 aromatic carbocycles. The highest BCUT2D eigenvalue weighted by molar-refractivity contribution is 7.07. The predicted molar refractivity (Wildman–Crippen MR) is 63.4 cm³/mol. The highest BCUT2D eigenvalue weighted by atomic mass is 32.1. The quantitative estimate of drug-likeness (QED) is 0.601. The number of rotatable bonds is 3. The SMILES string of the molecule is NC(=O)C1=C(O)C=NC(O)(Cc2ccsc2)N1. The van der Waals surface area contributed by atoms with E-state index in [4.69, 9.17) is 5.73 Å². The molecular weight excluding hydrogens is 242 g/mol. The zero-order chi connectivity index (χ0) is 12.5. The normalized spacial score (nSPS) is 23.6. The molecule has 5 N–H and O–H groups in total. The van der Waals surface area contributed by atoms with Gasteiger partial charge < -0.3 is 21.3 Å². The molecule has 90 valence electrons. The van der Waals surface area contributed by atoms with Gasteiger partial charge in [-0.1, -0.05) is 0 Å². The summed E-state index contributed by atoms with van der Waals surface area (Å²) in [6.45, 7) is 0. The summed E-state index contributed by atoms with van der Waals surface area (Å²) in [6, 6.07) is 1.84. The van der Waals surface area contributed by atoms with Crippen molar-refractivity contribution in [3.8, 4) is 0 Å². The van der Waals surface area contributed by atoms with Gasteiger partial charge in [0.1, 0.15) is 5.70 Å². The third-order valence-electron chi connectivity index (χ3n) is 2.26. The van der Waals surface area contributed by atoms with Crippen molar-refractivity contribution in [1.82, 2.24) is 5.32 Å². The van der Waals surface area contributed by atoms with Crippen molar-refractivity contribution in [1.29, 1.82) is 0 Å². The number of nitrogens with two attached hydrogens (primary N) is 1. The van der Waals surface area contributed by atoms with Gasteiger partial charge in [-0.05, 0) is 22.4 Å². The number of nitrogens with zero attached hydrogens (tertiary/aromatic N) is 1. The molecule has 17 heavy (non-hydrogen) atoms. The standard InChI is InChI=1S/C10H11N3O3S/c11-9(15)8-7(14)4-12-10(16,13-8)3-6-1-2-17-5-6/h1-2,4-5,13-14,16H,3H2,(H2,11,15). The van der Waals surface area contributed by atoms with Crippen LogP contribution in [0.1, 0.15) is 5.56 Å². The van der Waals surface area contributed by atoms with Gasteiger partial charge in [0.2, 0.25) is 5.85 Å². The highest BCUT2D eigenvalue weighted by Gasteiger charge is 2.32. The molecule has 0 aliphatic carbocycles. The second-order valence-electron chi connectivity index (χ2n) is 3.63. The van der Waals surface area contributed by atoms with Crippen molar-refractivity contribution in [3.05, 3.63) is 33.8 Å². The summed E-state index contributed by atoms with van der Waals surface area (Å²) in [5.41, 5.74) is 5.69. The number of primary amides is 1. The first-order valence-corrected chi connectivity index (χ1v) is 5.74. The lowest BCUT2D eigenvalue weighted by Crippen LogP contribution is -2.50. The molecule has 1 aromatic rings. The number of hydrogen-bond donors (Lipinski definition) is 4. The summed E-state index contributed by atoms with van der Waals surface area (Å²) in [4.78, 5) is 14.8. The van der Waals surface area contributed by atoms with E-state index < -0.39 is 11.8 Å². The average molecular weight is 253 g/mol. The molecule has 2 heterocycles. The lowest BCUT2D eigenvalue weighted by molar-refractivity contribution is -0.116. The van der Waals surface area contributed by atoms with Crippen LogP contribution in [-0.4, -0.2) is 28.2 Å². The minimum absolute atomic E-state index is 0.178. The van der Waals surface area contributed by atoms with Gasteiger partial charge in [0.25, 0.3) is 5.91 Å². The second-order valence-corrected chi connectivity index (χ2v) is 4.41. The Bertz CT molecular complexity index is 495. The molecule has 1 amide bonds. The molecule has 0 saturated carbocycles. The summed E-state index contributed by atoms with van der Waals surface area (Å²) in [5.74, 6) is -2.89. The van der Waals surface area contributed by atoms with Gasteiger partial charge in [-0.2, -0.15) is 11.3 Å². The van der Waals surface area contributed by atoms with Crippen LogP contribution >= 0.6 is 11.3 Å². The van der Waals surface area contributed by atoms with E-state index in [2.05, 4.69) is 10.3 Å². The summed E-state index contributed by atoms with van der Waals surface area (Å²) >= 11 is 1.49.